The predicted octanol–water partition coefficient (Wildman–Crippen LogP) is 2.92. The van der Waals surface area contributed by atoms with E-state index in [1.165, 1.54) is 0 Å². The van der Waals surface area contributed by atoms with Gasteiger partial charge < -0.3 is 5.11 Å². The van der Waals surface area contributed by atoms with E-state index in [4.69, 9.17) is 0 Å². The molecule has 5 nitrogen and oxygen atoms in total. The van der Waals surface area contributed by atoms with Gasteiger partial charge in [-0.15, -0.1) is 16.8 Å². The van der Waals surface area contributed by atoms with Gasteiger partial charge in [-0.05, 0) is 25.0 Å². The maximum Gasteiger partial charge on any atom is 0.192 e. The van der Waals surface area contributed by atoms with E-state index in [0.717, 1.165) is 42.4 Å². The molecule has 2 atom stereocenters. The zero-order chi connectivity index (χ0) is 15.4. The zero-order valence-corrected chi connectivity index (χ0v) is 13.2. The molecule has 3 rings (SSSR count). The number of aliphatic hydroxyl groups is 1. The Hall–Kier alpha value is -1.66. The topological polar surface area (TPSA) is 63.8 Å². The third-order valence-electron chi connectivity index (χ3n) is 3.85. The van der Waals surface area contributed by atoms with Crippen molar-refractivity contribution in [3.8, 4) is 11.5 Å². The molecule has 0 saturated heterocycles. The molecule has 1 fully saturated rings. The van der Waals surface area contributed by atoms with Gasteiger partial charge in [0.15, 0.2) is 11.0 Å². The first kappa shape index (κ1) is 15.2. The quantitative estimate of drug-likeness (QED) is 0.859. The monoisotopic (exact) mass is 316 g/mol. The molecular weight excluding hydrogens is 296 g/mol. The SMILES string of the molecule is C=CCn1c(SC2CCCCC2O)nnc1-c1ccccn1. The number of pyridine rings is 1. The summed E-state index contributed by atoms with van der Waals surface area (Å²) in [7, 11) is 0. The minimum absolute atomic E-state index is 0.193. The summed E-state index contributed by atoms with van der Waals surface area (Å²) in [6, 6.07) is 5.74. The second-order valence-electron chi connectivity index (χ2n) is 5.43. The molecule has 2 aromatic heterocycles. The van der Waals surface area contributed by atoms with Gasteiger partial charge in [0.1, 0.15) is 5.69 Å². The Labute approximate surface area is 134 Å². The summed E-state index contributed by atoms with van der Waals surface area (Å²) in [5, 5.41) is 19.8. The van der Waals surface area contributed by atoms with Crippen LogP contribution in [0.4, 0.5) is 0 Å². The molecule has 6 heteroatoms. The molecule has 0 radical (unpaired) electrons. The van der Waals surface area contributed by atoms with Gasteiger partial charge in [-0.3, -0.25) is 9.55 Å². The van der Waals surface area contributed by atoms with E-state index in [0.29, 0.717) is 6.54 Å². The molecular formula is C16H20N4OS. The minimum atomic E-state index is -0.258. The molecule has 1 aliphatic carbocycles. The summed E-state index contributed by atoms with van der Waals surface area (Å²) < 4.78 is 2.02. The number of thioether (sulfide) groups is 1. The van der Waals surface area contributed by atoms with E-state index in [2.05, 4.69) is 21.8 Å². The lowest BCUT2D eigenvalue weighted by atomic mass is 9.97. The van der Waals surface area contributed by atoms with Crippen LogP contribution in [0.25, 0.3) is 11.5 Å². The number of aromatic nitrogens is 4. The van der Waals surface area contributed by atoms with Crippen molar-refractivity contribution in [2.45, 2.75) is 48.7 Å². The molecule has 1 saturated carbocycles. The molecule has 116 valence electrons. The highest BCUT2D eigenvalue weighted by molar-refractivity contribution is 7.99. The molecule has 22 heavy (non-hydrogen) atoms. The van der Waals surface area contributed by atoms with E-state index in [9.17, 15) is 5.11 Å². The second-order valence-corrected chi connectivity index (χ2v) is 6.63. The van der Waals surface area contributed by atoms with Crippen LogP contribution in [0.5, 0.6) is 0 Å². The molecule has 2 aromatic rings. The van der Waals surface area contributed by atoms with Crippen LogP contribution in [0.2, 0.25) is 0 Å². The number of allylic oxidation sites excluding steroid dienone is 1. The Bertz CT molecular complexity index is 628. The van der Waals surface area contributed by atoms with E-state index >= 15 is 0 Å². The van der Waals surface area contributed by atoms with Crippen molar-refractivity contribution in [3.05, 3.63) is 37.1 Å². The van der Waals surface area contributed by atoms with Crippen LogP contribution < -0.4 is 0 Å². The zero-order valence-electron chi connectivity index (χ0n) is 12.4. The van der Waals surface area contributed by atoms with Gasteiger partial charge in [0.2, 0.25) is 0 Å². The third-order valence-corrected chi connectivity index (χ3v) is 5.21. The maximum atomic E-state index is 10.2. The number of aliphatic hydroxyl groups excluding tert-OH is 1. The molecule has 1 aliphatic rings. The standard InChI is InChI=1S/C16H20N4OS/c1-2-11-20-15(12-7-5-6-10-17-12)18-19-16(20)22-14-9-4-3-8-13(14)21/h2,5-7,10,13-14,21H,1,3-4,8-9,11H2. The number of rotatable bonds is 5. The highest BCUT2D eigenvalue weighted by Crippen LogP contribution is 2.34. The Morgan fingerprint density at radius 1 is 1.32 bits per heavy atom. The Kier molecular flexibility index (Phi) is 4.90. The first-order chi connectivity index (χ1) is 10.8. The number of hydrogen-bond donors (Lipinski definition) is 1. The van der Waals surface area contributed by atoms with Crippen LogP contribution in [-0.4, -0.2) is 36.2 Å². The summed E-state index contributed by atoms with van der Waals surface area (Å²) in [6.07, 6.45) is 7.49. The average molecular weight is 316 g/mol. The van der Waals surface area contributed by atoms with Gasteiger partial charge in [0, 0.05) is 18.0 Å². The first-order valence-corrected chi connectivity index (χ1v) is 8.48. The van der Waals surface area contributed by atoms with Crippen molar-refractivity contribution in [2.75, 3.05) is 0 Å². The number of hydrogen-bond acceptors (Lipinski definition) is 5. The molecule has 0 spiro atoms. The van der Waals surface area contributed by atoms with Gasteiger partial charge >= 0.3 is 0 Å². The molecule has 0 amide bonds. The lowest BCUT2D eigenvalue weighted by molar-refractivity contribution is 0.137. The van der Waals surface area contributed by atoms with Gasteiger partial charge in [-0.25, -0.2) is 0 Å². The van der Waals surface area contributed by atoms with Gasteiger partial charge in [0.05, 0.1) is 6.10 Å². The van der Waals surface area contributed by atoms with E-state index in [1.807, 2.05) is 28.8 Å². The van der Waals surface area contributed by atoms with Gasteiger partial charge in [-0.2, -0.15) is 0 Å². The summed E-state index contributed by atoms with van der Waals surface area (Å²) in [5.74, 6) is 0.744. The fourth-order valence-electron chi connectivity index (χ4n) is 2.70. The third kappa shape index (κ3) is 3.23. The summed E-state index contributed by atoms with van der Waals surface area (Å²) >= 11 is 1.62. The fraction of sp³-hybridized carbons (Fsp3) is 0.438. The van der Waals surface area contributed by atoms with Crippen molar-refractivity contribution >= 4 is 11.8 Å². The summed E-state index contributed by atoms with van der Waals surface area (Å²) in [5.41, 5.74) is 0.799. The lowest BCUT2D eigenvalue weighted by Gasteiger charge is -2.26. The van der Waals surface area contributed by atoms with Crippen molar-refractivity contribution in [1.29, 1.82) is 0 Å². The van der Waals surface area contributed by atoms with Gasteiger partial charge in [0.25, 0.3) is 0 Å². The van der Waals surface area contributed by atoms with Crippen molar-refractivity contribution in [2.24, 2.45) is 0 Å². The molecule has 2 heterocycles. The summed E-state index contributed by atoms with van der Waals surface area (Å²) in [4.78, 5) is 4.35. The van der Waals surface area contributed by atoms with Crippen LogP contribution in [0.1, 0.15) is 25.7 Å². The van der Waals surface area contributed by atoms with E-state index < -0.39 is 0 Å². The Morgan fingerprint density at radius 3 is 2.91 bits per heavy atom. The highest BCUT2D eigenvalue weighted by Gasteiger charge is 2.26. The smallest absolute Gasteiger partial charge is 0.192 e. The highest BCUT2D eigenvalue weighted by atomic mass is 32.2. The van der Waals surface area contributed by atoms with Crippen molar-refractivity contribution in [3.63, 3.8) is 0 Å². The van der Waals surface area contributed by atoms with Crippen LogP contribution >= 0.6 is 11.8 Å². The maximum absolute atomic E-state index is 10.2. The predicted molar refractivity (Wildman–Crippen MR) is 87.6 cm³/mol. The Morgan fingerprint density at radius 2 is 2.18 bits per heavy atom. The largest absolute Gasteiger partial charge is 0.392 e. The van der Waals surface area contributed by atoms with Crippen molar-refractivity contribution in [1.82, 2.24) is 19.7 Å². The molecule has 0 aromatic carbocycles. The lowest BCUT2D eigenvalue weighted by Crippen LogP contribution is -2.27. The van der Waals surface area contributed by atoms with Crippen LogP contribution in [-0.2, 0) is 6.54 Å². The van der Waals surface area contributed by atoms with E-state index in [-0.39, 0.29) is 11.4 Å². The minimum Gasteiger partial charge on any atom is -0.392 e. The van der Waals surface area contributed by atoms with Crippen LogP contribution in [0.15, 0.2) is 42.2 Å². The Balaban J connectivity index is 1.88. The molecule has 1 N–H and O–H groups in total. The van der Waals surface area contributed by atoms with Crippen LogP contribution in [0, 0.1) is 0 Å². The second kappa shape index (κ2) is 7.07. The molecule has 0 bridgehead atoms. The molecule has 0 aliphatic heterocycles. The first-order valence-electron chi connectivity index (χ1n) is 7.60. The fourth-order valence-corrected chi connectivity index (χ4v) is 3.93. The number of nitrogens with zero attached hydrogens (tertiary/aromatic N) is 4. The van der Waals surface area contributed by atoms with Crippen LogP contribution in [0.3, 0.4) is 0 Å². The summed E-state index contributed by atoms with van der Waals surface area (Å²) in [6.45, 7) is 4.45. The van der Waals surface area contributed by atoms with Crippen molar-refractivity contribution < 1.29 is 5.11 Å². The molecule has 2 unspecified atom stereocenters. The normalized spacial score (nSPS) is 21.7. The van der Waals surface area contributed by atoms with E-state index in [1.54, 1.807) is 18.0 Å². The van der Waals surface area contributed by atoms with Gasteiger partial charge in [-0.1, -0.05) is 36.7 Å². The average Bonchev–Trinajstić information content (AvgIpc) is 2.94.